The second-order valence-corrected chi connectivity index (χ2v) is 5.21. The van der Waals surface area contributed by atoms with Crippen LogP contribution in [0.1, 0.15) is 6.92 Å². The van der Waals surface area contributed by atoms with Gasteiger partial charge in [-0.25, -0.2) is 4.39 Å². The van der Waals surface area contributed by atoms with Gasteiger partial charge in [0.1, 0.15) is 11.1 Å². The Bertz CT molecular complexity index is 532. The summed E-state index contributed by atoms with van der Waals surface area (Å²) in [5.74, 6) is -1.92. The van der Waals surface area contributed by atoms with Crippen LogP contribution in [0.25, 0.3) is 0 Å². The Morgan fingerprint density at radius 1 is 1.37 bits per heavy atom. The molecule has 100 valence electrons. The molecule has 1 fully saturated rings. The first-order valence-corrected chi connectivity index (χ1v) is 6.43. The Hall–Kier alpha value is -1.89. The number of rotatable bonds is 3. The molecule has 0 saturated carbocycles. The van der Waals surface area contributed by atoms with Gasteiger partial charge < -0.3 is 5.32 Å². The van der Waals surface area contributed by atoms with E-state index in [0.29, 0.717) is 5.69 Å². The monoisotopic (exact) mass is 282 g/mol. The number of halogens is 1. The van der Waals surface area contributed by atoms with Crippen molar-refractivity contribution in [3.63, 3.8) is 0 Å². The minimum Gasteiger partial charge on any atom is -0.326 e. The van der Waals surface area contributed by atoms with E-state index in [0.717, 1.165) is 11.8 Å². The molecule has 1 saturated heterocycles. The highest BCUT2D eigenvalue weighted by atomic mass is 32.2. The Kier molecular flexibility index (Phi) is 3.84. The predicted molar refractivity (Wildman–Crippen MR) is 69.1 cm³/mol. The lowest BCUT2D eigenvalue weighted by Crippen LogP contribution is -2.35. The predicted octanol–water partition coefficient (Wildman–Crippen LogP) is 1.75. The number of hydrogen-bond acceptors (Lipinski definition) is 4. The summed E-state index contributed by atoms with van der Waals surface area (Å²) < 4.78 is 12.7. The van der Waals surface area contributed by atoms with Crippen LogP contribution in [0.4, 0.5) is 14.9 Å². The van der Waals surface area contributed by atoms with E-state index in [9.17, 15) is 18.8 Å². The van der Waals surface area contributed by atoms with Gasteiger partial charge in [-0.1, -0.05) is 18.7 Å². The molecule has 0 radical (unpaired) electrons. The number of benzene rings is 1. The highest BCUT2D eigenvalue weighted by molar-refractivity contribution is 8.15. The van der Waals surface area contributed by atoms with Gasteiger partial charge in [-0.05, 0) is 24.3 Å². The molecular weight excluding hydrogens is 271 g/mol. The molecule has 7 heteroatoms. The SMILES string of the molecule is C[C@H](C(=O)Nc1ccc(F)cc1)[C@@H]1SC(=O)NC1=O. The topological polar surface area (TPSA) is 75.3 Å². The largest absolute Gasteiger partial charge is 0.326 e. The van der Waals surface area contributed by atoms with Crippen LogP contribution in [-0.2, 0) is 9.59 Å². The van der Waals surface area contributed by atoms with Gasteiger partial charge in [-0.3, -0.25) is 19.7 Å². The Labute approximate surface area is 112 Å². The fourth-order valence-corrected chi connectivity index (χ4v) is 2.51. The van der Waals surface area contributed by atoms with E-state index in [4.69, 9.17) is 0 Å². The van der Waals surface area contributed by atoms with E-state index >= 15 is 0 Å². The lowest BCUT2D eigenvalue weighted by Gasteiger charge is -2.15. The van der Waals surface area contributed by atoms with Gasteiger partial charge in [-0.2, -0.15) is 0 Å². The summed E-state index contributed by atoms with van der Waals surface area (Å²) in [6, 6.07) is 5.29. The summed E-state index contributed by atoms with van der Waals surface area (Å²) in [6.45, 7) is 1.56. The molecule has 1 aliphatic heterocycles. The fraction of sp³-hybridized carbons (Fsp3) is 0.250. The molecule has 0 aliphatic carbocycles. The third-order valence-corrected chi connectivity index (χ3v) is 3.89. The van der Waals surface area contributed by atoms with Crippen molar-refractivity contribution >= 4 is 34.5 Å². The molecule has 2 rings (SSSR count). The molecule has 0 unspecified atom stereocenters. The van der Waals surface area contributed by atoms with Crippen molar-refractivity contribution in [3.05, 3.63) is 30.1 Å². The summed E-state index contributed by atoms with van der Waals surface area (Å²) >= 11 is 0.803. The number of imide groups is 1. The first-order valence-electron chi connectivity index (χ1n) is 5.55. The van der Waals surface area contributed by atoms with Gasteiger partial charge in [0.2, 0.25) is 11.8 Å². The van der Waals surface area contributed by atoms with Crippen LogP contribution in [0.15, 0.2) is 24.3 Å². The highest BCUT2D eigenvalue weighted by Crippen LogP contribution is 2.26. The maximum absolute atomic E-state index is 12.7. The van der Waals surface area contributed by atoms with Crippen molar-refractivity contribution < 1.29 is 18.8 Å². The lowest BCUT2D eigenvalue weighted by atomic mass is 10.1. The van der Waals surface area contributed by atoms with Gasteiger partial charge >= 0.3 is 0 Å². The summed E-state index contributed by atoms with van der Waals surface area (Å²) in [7, 11) is 0. The number of amides is 3. The van der Waals surface area contributed by atoms with Crippen molar-refractivity contribution in [1.29, 1.82) is 0 Å². The number of thioether (sulfide) groups is 1. The summed E-state index contributed by atoms with van der Waals surface area (Å²) in [5.41, 5.74) is 0.438. The average Bonchev–Trinajstić information content (AvgIpc) is 2.70. The normalized spacial score (nSPS) is 20.0. The first-order chi connectivity index (χ1) is 8.97. The summed E-state index contributed by atoms with van der Waals surface area (Å²) in [4.78, 5) is 34.4. The summed E-state index contributed by atoms with van der Waals surface area (Å²) in [5, 5.41) is 3.52. The molecule has 1 aromatic carbocycles. The Morgan fingerprint density at radius 3 is 2.53 bits per heavy atom. The first kappa shape index (κ1) is 13.5. The Morgan fingerprint density at radius 2 is 2.00 bits per heavy atom. The Balaban J connectivity index is 2.01. The quantitative estimate of drug-likeness (QED) is 0.885. The zero-order valence-electron chi connectivity index (χ0n) is 9.98. The fourth-order valence-electron chi connectivity index (χ4n) is 1.63. The third-order valence-electron chi connectivity index (χ3n) is 2.70. The van der Waals surface area contributed by atoms with Crippen molar-refractivity contribution in [1.82, 2.24) is 5.32 Å². The van der Waals surface area contributed by atoms with E-state index in [1.807, 2.05) is 0 Å². The molecule has 5 nitrogen and oxygen atoms in total. The van der Waals surface area contributed by atoms with Crippen molar-refractivity contribution in [2.24, 2.45) is 5.92 Å². The molecule has 1 heterocycles. The van der Waals surface area contributed by atoms with Gasteiger partial charge in [0, 0.05) is 5.69 Å². The van der Waals surface area contributed by atoms with E-state index in [-0.39, 0.29) is 0 Å². The van der Waals surface area contributed by atoms with Crippen molar-refractivity contribution in [3.8, 4) is 0 Å². The molecule has 3 amide bonds. The number of anilines is 1. The summed E-state index contributed by atoms with van der Waals surface area (Å²) in [6.07, 6.45) is 0. The third kappa shape index (κ3) is 3.11. The van der Waals surface area contributed by atoms with Gasteiger partial charge in [-0.15, -0.1) is 0 Å². The second-order valence-electron chi connectivity index (χ2n) is 4.10. The molecular formula is C12H11FN2O3S. The number of carbonyl (C=O) groups excluding carboxylic acids is 3. The van der Waals surface area contributed by atoms with Crippen LogP contribution in [-0.4, -0.2) is 22.3 Å². The van der Waals surface area contributed by atoms with E-state index < -0.39 is 34.0 Å². The molecule has 0 spiro atoms. The number of nitrogens with one attached hydrogen (secondary N) is 2. The molecule has 19 heavy (non-hydrogen) atoms. The van der Waals surface area contributed by atoms with E-state index in [1.54, 1.807) is 6.92 Å². The van der Waals surface area contributed by atoms with Crippen LogP contribution < -0.4 is 10.6 Å². The van der Waals surface area contributed by atoms with Gasteiger partial charge in [0.15, 0.2) is 0 Å². The number of carbonyl (C=O) groups is 3. The minimum atomic E-state index is -0.729. The van der Waals surface area contributed by atoms with E-state index in [1.165, 1.54) is 24.3 Å². The molecule has 1 aliphatic rings. The van der Waals surface area contributed by atoms with Crippen LogP contribution in [0.5, 0.6) is 0 Å². The minimum absolute atomic E-state index is 0.394. The van der Waals surface area contributed by atoms with Crippen LogP contribution >= 0.6 is 11.8 Å². The van der Waals surface area contributed by atoms with Gasteiger partial charge in [0.25, 0.3) is 5.24 Å². The van der Waals surface area contributed by atoms with Crippen molar-refractivity contribution in [2.45, 2.75) is 12.2 Å². The van der Waals surface area contributed by atoms with Gasteiger partial charge in [0.05, 0.1) is 5.92 Å². The molecule has 1 aromatic rings. The smallest absolute Gasteiger partial charge is 0.286 e. The molecule has 2 N–H and O–H groups in total. The zero-order chi connectivity index (χ0) is 14.0. The second kappa shape index (κ2) is 5.40. The highest BCUT2D eigenvalue weighted by Gasteiger charge is 2.38. The maximum Gasteiger partial charge on any atom is 0.286 e. The van der Waals surface area contributed by atoms with E-state index in [2.05, 4.69) is 10.6 Å². The zero-order valence-corrected chi connectivity index (χ0v) is 10.8. The van der Waals surface area contributed by atoms with Crippen LogP contribution in [0, 0.1) is 11.7 Å². The van der Waals surface area contributed by atoms with Crippen molar-refractivity contribution in [2.75, 3.05) is 5.32 Å². The maximum atomic E-state index is 12.7. The van der Waals surface area contributed by atoms with Crippen LogP contribution in [0.2, 0.25) is 0 Å². The molecule has 0 bridgehead atoms. The standard InChI is InChI=1S/C12H11FN2O3S/c1-6(9-11(17)15-12(18)19-9)10(16)14-8-4-2-7(13)3-5-8/h2-6,9H,1H3,(H,14,16)(H,15,17,18)/t6-,9-/m0/s1. The molecule has 0 aromatic heterocycles. The number of hydrogen-bond donors (Lipinski definition) is 2. The van der Waals surface area contributed by atoms with Crippen LogP contribution in [0.3, 0.4) is 0 Å². The lowest BCUT2D eigenvalue weighted by molar-refractivity contribution is -0.125. The average molecular weight is 282 g/mol. The molecule has 2 atom stereocenters.